The smallest absolute Gasteiger partial charge is 0.248 e. The molecule has 1 aliphatic heterocycles. The maximum Gasteiger partial charge on any atom is 0.248 e. The number of anilines is 1. The van der Waals surface area contributed by atoms with Crippen LogP contribution in [0.1, 0.15) is 18.4 Å². The van der Waals surface area contributed by atoms with E-state index in [1.165, 1.54) is 0 Å². The van der Waals surface area contributed by atoms with Gasteiger partial charge in [-0.15, -0.1) is 0 Å². The third-order valence-corrected chi connectivity index (χ3v) is 4.75. The molecule has 2 amide bonds. The van der Waals surface area contributed by atoms with Crippen LogP contribution in [0.5, 0.6) is 0 Å². The molecule has 0 spiro atoms. The van der Waals surface area contributed by atoms with E-state index in [0.717, 1.165) is 17.6 Å². The Bertz CT molecular complexity index is 935. The van der Waals surface area contributed by atoms with Gasteiger partial charge >= 0.3 is 0 Å². The lowest BCUT2D eigenvalue weighted by molar-refractivity contribution is -0.136. The van der Waals surface area contributed by atoms with E-state index in [1.54, 1.807) is 17.3 Å². The highest BCUT2D eigenvalue weighted by molar-refractivity contribution is 5.97. The largest absolute Gasteiger partial charge is 0.330 e. The molecule has 6 nitrogen and oxygen atoms in total. The van der Waals surface area contributed by atoms with Gasteiger partial charge in [-0.05, 0) is 30.5 Å². The summed E-state index contributed by atoms with van der Waals surface area (Å²) in [7, 11) is 0. The third-order valence-electron chi connectivity index (χ3n) is 4.75. The van der Waals surface area contributed by atoms with Crippen LogP contribution >= 0.6 is 0 Å². The summed E-state index contributed by atoms with van der Waals surface area (Å²) in [5.74, 6) is 0.507. The van der Waals surface area contributed by atoms with Crippen LogP contribution < -0.4 is 5.32 Å². The minimum absolute atomic E-state index is 0.00492. The van der Waals surface area contributed by atoms with Gasteiger partial charge in [-0.2, -0.15) is 0 Å². The van der Waals surface area contributed by atoms with Crippen molar-refractivity contribution in [2.75, 3.05) is 11.9 Å². The third kappa shape index (κ3) is 3.18. The molecule has 4 rings (SSSR count). The van der Waals surface area contributed by atoms with Crippen molar-refractivity contribution < 1.29 is 9.59 Å². The number of imidazole rings is 1. The molecule has 0 saturated carbocycles. The zero-order valence-electron chi connectivity index (χ0n) is 14.3. The molecule has 1 atom stereocenters. The predicted molar refractivity (Wildman–Crippen MR) is 98.7 cm³/mol. The zero-order chi connectivity index (χ0) is 17.9. The fraction of sp³-hybridized carbons (Fsp3) is 0.250. The van der Waals surface area contributed by atoms with Gasteiger partial charge in [0.15, 0.2) is 0 Å². The average Bonchev–Trinajstić information content (AvgIpc) is 3.32. The second-order valence-electron chi connectivity index (χ2n) is 6.46. The van der Waals surface area contributed by atoms with E-state index in [2.05, 4.69) is 10.3 Å². The van der Waals surface area contributed by atoms with E-state index in [4.69, 9.17) is 0 Å². The van der Waals surface area contributed by atoms with E-state index in [1.807, 2.05) is 52.9 Å². The van der Waals surface area contributed by atoms with Gasteiger partial charge in [0.25, 0.3) is 0 Å². The first kappa shape index (κ1) is 16.3. The van der Waals surface area contributed by atoms with Gasteiger partial charge in [0.05, 0.1) is 6.42 Å². The Morgan fingerprint density at radius 3 is 2.81 bits per heavy atom. The second kappa shape index (κ2) is 7.00. The summed E-state index contributed by atoms with van der Waals surface area (Å²) in [6.45, 7) is 0.624. The molecule has 132 valence electrons. The molecular formula is C20H20N4O2. The maximum atomic E-state index is 12.8. The summed E-state index contributed by atoms with van der Waals surface area (Å²) in [5, 5.41) is 2.95. The number of benzene rings is 1. The highest BCUT2D eigenvalue weighted by Gasteiger charge is 2.34. The van der Waals surface area contributed by atoms with Crippen LogP contribution in [0.4, 0.5) is 5.82 Å². The standard InChI is InChI=1S/C20H20N4O2/c25-19(14-15-6-2-1-3-7-15)23-12-5-8-16(23)20(26)22-18-10-4-9-17-21-11-13-24(17)18/h1-4,6-7,9-11,13,16H,5,8,12,14H2,(H,22,26). The molecule has 2 aromatic heterocycles. The molecule has 0 bridgehead atoms. The Kier molecular flexibility index (Phi) is 4.39. The molecule has 26 heavy (non-hydrogen) atoms. The lowest BCUT2D eigenvalue weighted by Gasteiger charge is -2.24. The zero-order valence-corrected chi connectivity index (χ0v) is 14.3. The topological polar surface area (TPSA) is 66.7 Å². The first-order valence-electron chi connectivity index (χ1n) is 8.79. The summed E-state index contributed by atoms with van der Waals surface area (Å²) in [4.78, 5) is 31.4. The van der Waals surface area contributed by atoms with E-state index < -0.39 is 6.04 Å². The number of amides is 2. The van der Waals surface area contributed by atoms with Crippen molar-refractivity contribution in [3.63, 3.8) is 0 Å². The fourth-order valence-electron chi connectivity index (χ4n) is 3.47. The lowest BCUT2D eigenvalue weighted by Crippen LogP contribution is -2.44. The fourth-order valence-corrected chi connectivity index (χ4v) is 3.47. The maximum absolute atomic E-state index is 12.8. The average molecular weight is 348 g/mol. The Hall–Kier alpha value is -3.15. The Balaban J connectivity index is 1.48. The first-order valence-corrected chi connectivity index (χ1v) is 8.79. The van der Waals surface area contributed by atoms with Crippen molar-refractivity contribution in [3.05, 3.63) is 66.5 Å². The van der Waals surface area contributed by atoms with E-state index in [-0.39, 0.29) is 11.8 Å². The molecule has 1 N–H and O–H groups in total. The van der Waals surface area contributed by atoms with Crippen LogP contribution in [-0.4, -0.2) is 38.7 Å². The molecule has 3 heterocycles. The SMILES string of the molecule is O=C(Nc1cccc2nccn12)C1CCCN1C(=O)Cc1ccccc1. The molecule has 0 aliphatic carbocycles. The van der Waals surface area contributed by atoms with Gasteiger partial charge in [0.2, 0.25) is 11.8 Å². The number of carbonyl (C=O) groups is 2. The van der Waals surface area contributed by atoms with Crippen LogP contribution in [0.25, 0.3) is 5.65 Å². The van der Waals surface area contributed by atoms with E-state index in [9.17, 15) is 9.59 Å². The van der Waals surface area contributed by atoms with Gasteiger partial charge in [-0.1, -0.05) is 36.4 Å². The van der Waals surface area contributed by atoms with Crippen molar-refractivity contribution >= 4 is 23.3 Å². The second-order valence-corrected chi connectivity index (χ2v) is 6.46. The Labute approximate surface area is 151 Å². The number of carbonyl (C=O) groups excluding carboxylic acids is 2. The summed E-state index contributed by atoms with van der Waals surface area (Å²) in [5.41, 5.74) is 1.73. The summed E-state index contributed by atoms with van der Waals surface area (Å²) >= 11 is 0. The van der Waals surface area contributed by atoms with Gasteiger partial charge in [-0.3, -0.25) is 14.0 Å². The monoisotopic (exact) mass is 348 g/mol. The van der Waals surface area contributed by atoms with Crippen LogP contribution in [0.15, 0.2) is 60.9 Å². The van der Waals surface area contributed by atoms with Gasteiger partial charge in [0, 0.05) is 18.9 Å². The van der Waals surface area contributed by atoms with Gasteiger partial charge < -0.3 is 10.2 Å². The number of pyridine rings is 1. The van der Waals surface area contributed by atoms with E-state index in [0.29, 0.717) is 25.2 Å². The molecule has 1 unspecified atom stereocenters. The minimum atomic E-state index is -0.426. The molecule has 3 aromatic rings. The highest BCUT2D eigenvalue weighted by atomic mass is 16.2. The minimum Gasteiger partial charge on any atom is -0.330 e. The molecule has 1 saturated heterocycles. The molecule has 6 heteroatoms. The molecule has 1 fully saturated rings. The van der Waals surface area contributed by atoms with Crippen molar-refractivity contribution in [3.8, 4) is 0 Å². The van der Waals surface area contributed by atoms with Crippen LogP contribution in [-0.2, 0) is 16.0 Å². The normalized spacial score (nSPS) is 16.8. The number of hydrogen-bond donors (Lipinski definition) is 1. The van der Waals surface area contributed by atoms with Crippen molar-refractivity contribution in [2.24, 2.45) is 0 Å². The van der Waals surface area contributed by atoms with Crippen molar-refractivity contribution in [1.82, 2.24) is 14.3 Å². The van der Waals surface area contributed by atoms with Gasteiger partial charge in [0.1, 0.15) is 17.5 Å². The van der Waals surface area contributed by atoms with E-state index >= 15 is 0 Å². The summed E-state index contributed by atoms with van der Waals surface area (Å²) < 4.78 is 1.82. The molecule has 0 radical (unpaired) electrons. The molecule has 1 aromatic carbocycles. The first-order chi connectivity index (χ1) is 12.7. The number of fused-ring (bicyclic) bond motifs is 1. The highest BCUT2D eigenvalue weighted by Crippen LogP contribution is 2.21. The van der Waals surface area contributed by atoms with Crippen LogP contribution in [0, 0.1) is 0 Å². The van der Waals surface area contributed by atoms with Gasteiger partial charge in [-0.25, -0.2) is 4.98 Å². The van der Waals surface area contributed by atoms with Crippen molar-refractivity contribution in [2.45, 2.75) is 25.3 Å². The predicted octanol–water partition coefficient (Wildman–Crippen LogP) is 2.51. The summed E-state index contributed by atoms with van der Waals surface area (Å²) in [6, 6.07) is 14.8. The quantitative estimate of drug-likeness (QED) is 0.788. The molecule has 1 aliphatic rings. The number of nitrogens with zero attached hydrogens (tertiary/aromatic N) is 3. The lowest BCUT2D eigenvalue weighted by atomic mass is 10.1. The number of aromatic nitrogens is 2. The molecular weight excluding hydrogens is 328 g/mol. The van der Waals surface area contributed by atoms with Crippen molar-refractivity contribution in [1.29, 1.82) is 0 Å². The number of hydrogen-bond acceptors (Lipinski definition) is 3. The van der Waals surface area contributed by atoms with Crippen LogP contribution in [0.3, 0.4) is 0 Å². The number of nitrogens with one attached hydrogen (secondary N) is 1. The Morgan fingerprint density at radius 1 is 1.12 bits per heavy atom. The van der Waals surface area contributed by atoms with Crippen LogP contribution in [0.2, 0.25) is 0 Å². The summed E-state index contributed by atoms with van der Waals surface area (Å²) in [6.07, 6.45) is 5.34. The number of likely N-dealkylation sites (tertiary alicyclic amines) is 1. The number of rotatable bonds is 4. The Morgan fingerprint density at radius 2 is 1.96 bits per heavy atom.